The van der Waals surface area contributed by atoms with E-state index >= 15 is 0 Å². The van der Waals surface area contributed by atoms with Crippen LogP contribution in [0.3, 0.4) is 0 Å². The van der Waals surface area contributed by atoms with Gasteiger partial charge in [0.1, 0.15) is 0 Å². The minimum Gasteiger partial charge on any atom is -0.349 e. The standard InChI is InChI=1S/C19H28N2O/c1-13(21-19(22)17-7-4-8-18(20)12-17)15-10-9-14-5-2-3-6-16(14)11-15/h9-11,13,17-18H,2-8,12,20H2,1H3,(H,21,22). The Morgan fingerprint density at radius 1 is 1.18 bits per heavy atom. The fourth-order valence-corrected chi connectivity index (χ4v) is 3.90. The summed E-state index contributed by atoms with van der Waals surface area (Å²) in [6.45, 7) is 2.09. The van der Waals surface area contributed by atoms with Crippen LogP contribution in [0.25, 0.3) is 0 Å². The number of hydrogen-bond acceptors (Lipinski definition) is 2. The maximum absolute atomic E-state index is 12.4. The summed E-state index contributed by atoms with van der Waals surface area (Å²) in [6.07, 6.45) is 8.94. The SMILES string of the molecule is CC(NC(=O)C1CCCC(N)C1)c1ccc2c(c1)CCCC2. The Balaban J connectivity index is 1.63. The minimum atomic E-state index is 0.0814. The molecule has 3 heteroatoms. The molecule has 0 spiro atoms. The molecule has 0 heterocycles. The smallest absolute Gasteiger partial charge is 0.223 e. The van der Waals surface area contributed by atoms with Crippen molar-refractivity contribution in [3.63, 3.8) is 0 Å². The molecule has 120 valence electrons. The average Bonchev–Trinajstić information content (AvgIpc) is 2.54. The van der Waals surface area contributed by atoms with Gasteiger partial charge < -0.3 is 11.1 Å². The van der Waals surface area contributed by atoms with Gasteiger partial charge in [-0.2, -0.15) is 0 Å². The van der Waals surface area contributed by atoms with Crippen molar-refractivity contribution in [1.82, 2.24) is 5.32 Å². The van der Waals surface area contributed by atoms with Crippen LogP contribution >= 0.6 is 0 Å². The van der Waals surface area contributed by atoms with Crippen LogP contribution in [0.5, 0.6) is 0 Å². The Kier molecular flexibility index (Phi) is 4.82. The Hall–Kier alpha value is -1.35. The van der Waals surface area contributed by atoms with E-state index in [0.717, 1.165) is 25.7 Å². The molecule has 1 aromatic carbocycles. The highest BCUT2D eigenvalue weighted by Gasteiger charge is 2.26. The monoisotopic (exact) mass is 300 g/mol. The first-order valence-electron chi connectivity index (χ1n) is 8.81. The second-order valence-corrected chi connectivity index (χ2v) is 7.09. The van der Waals surface area contributed by atoms with Gasteiger partial charge in [0.2, 0.25) is 5.91 Å². The first-order valence-corrected chi connectivity index (χ1v) is 8.81. The molecule has 22 heavy (non-hydrogen) atoms. The molecule has 3 atom stereocenters. The molecule has 1 aromatic rings. The molecule has 2 aliphatic rings. The van der Waals surface area contributed by atoms with Crippen LogP contribution in [0, 0.1) is 5.92 Å². The largest absolute Gasteiger partial charge is 0.349 e. The summed E-state index contributed by atoms with van der Waals surface area (Å²) in [5, 5.41) is 3.20. The molecule has 0 aliphatic heterocycles. The number of fused-ring (bicyclic) bond motifs is 1. The summed E-state index contributed by atoms with van der Waals surface area (Å²) in [7, 11) is 0. The van der Waals surface area contributed by atoms with Gasteiger partial charge in [-0.25, -0.2) is 0 Å². The van der Waals surface area contributed by atoms with E-state index in [1.54, 1.807) is 0 Å². The Bertz CT molecular complexity index is 540. The molecule has 0 aromatic heterocycles. The Morgan fingerprint density at radius 2 is 1.95 bits per heavy atom. The van der Waals surface area contributed by atoms with Crippen molar-refractivity contribution in [2.24, 2.45) is 11.7 Å². The van der Waals surface area contributed by atoms with Crippen LogP contribution in [-0.4, -0.2) is 11.9 Å². The molecule has 0 radical (unpaired) electrons. The molecule has 3 nitrogen and oxygen atoms in total. The zero-order chi connectivity index (χ0) is 15.5. The highest BCUT2D eigenvalue weighted by atomic mass is 16.1. The Labute approximate surface area is 133 Å². The number of aryl methyl sites for hydroxylation is 2. The first-order chi connectivity index (χ1) is 10.6. The van der Waals surface area contributed by atoms with Crippen molar-refractivity contribution in [2.45, 2.75) is 70.4 Å². The molecule has 0 bridgehead atoms. The fourth-order valence-electron chi connectivity index (χ4n) is 3.90. The summed E-state index contributed by atoms with van der Waals surface area (Å²) in [4.78, 5) is 12.4. The van der Waals surface area contributed by atoms with Gasteiger partial charge >= 0.3 is 0 Å². The molecule has 1 amide bonds. The highest BCUT2D eigenvalue weighted by Crippen LogP contribution is 2.27. The maximum atomic E-state index is 12.4. The van der Waals surface area contributed by atoms with Crippen molar-refractivity contribution in [1.29, 1.82) is 0 Å². The van der Waals surface area contributed by atoms with Crippen molar-refractivity contribution in [3.05, 3.63) is 34.9 Å². The molecule has 2 aliphatic carbocycles. The number of carbonyl (C=O) groups is 1. The van der Waals surface area contributed by atoms with E-state index in [-0.39, 0.29) is 23.9 Å². The lowest BCUT2D eigenvalue weighted by Gasteiger charge is -2.27. The van der Waals surface area contributed by atoms with E-state index in [1.807, 2.05) is 0 Å². The number of benzene rings is 1. The van der Waals surface area contributed by atoms with E-state index in [1.165, 1.54) is 42.4 Å². The molecule has 3 N–H and O–H groups in total. The van der Waals surface area contributed by atoms with Gasteiger partial charge in [0, 0.05) is 12.0 Å². The van der Waals surface area contributed by atoms with Gasteiger partial charge in [-0.1, -0.05) is 24.6 Å². The highest BCUT2D eigenvalue weighted by molar-refractivity contribution is 5.79. The van der Waals surface area contributed by atoms with Crippen molar-refractivity contribution in [2.75, 3.05) is 0 Å². The van der Waals surface area contributed by atoms with Crippen LogP contribution in [0.2, 0.25) is 0 Å². The average molecular weight is 300 g/mol. The first kappa shape index (κ1) is 15.5. The van der Waals surface area contributed by atoms with Gasteiger partial charge in [0.15, 0.2) is 0 Å². The summed E-state index contributed by atoms with van der Waals surface area (Å²) in [5.74, 6) is 0.282. The van der Waals surface area contributed by atoms with Gasteiger partial charge in [0.25, 0.3) is 0 Å². The lowest BCUT2D eigenvalue weighted by Crippen LogP contribution is -2.38. The predicted molar refractivity (Wildman–Crippen MR) is 89.6 cm³/mol. The van der Waals surface area contributed by atoms with E-state index in [2.05, 4.69) is 30.4 Å². The summed E-state index contributed by atoms with van der Waals surface area (Å²) >= 11 is 0. The molecule has 1 fully saturated rings. The van der Waals surface area contributed by atoms with Crippen LogP contribution in [0.4, 0.5) is 0 Å². The van der Waals surface area contributed by atoms with E-state index in [9.17, 15) is 4.79 Å². The lowest BCUT2D eigenvalue weighted by atomic mass is 9.85. The number of nitrogens with two attached hydrogens (primary N) is 1. The van der Waals surface area contributed by atoms with Crippen molar-refractivity contribution in [3.8, 4) is 0 Å². The van der Waals surface area contributed by atoms with Crippen molar-refractivity contribution < 1.29 is 4.79 Å². The molecule has 3 rings (SSSR count). The summed E-state index contributed by atoms with van der Waals surface area (Å²) in [5.41, 5.74) is 10.2. The van der Waals surface area contributed by atoms with Crippen LogP contribution in [-0.2, 0) is 17.6 Å². The summed E-state index contributed by atoms with van der Waals surface area (Å²) < 4.78 is 0. The minimum absolute atomic E-state index is 0.0814. The molecule has 1 saturated carbocycles. The third kappa shape index (κ3) is 3.52. The van der Waals surface area contributed by atoms with Crippen LogP contribution < -0.4 is 11.1 Å². The van der Waals surface area contributed by atoms with Crippen LogP contribution in [0.1, 0.15) is 68.2 Å². The number of hydrogen-bond donors (Lipinski definition) is 2. The summed E-state index contributed by atoms with van der Waals surface area (Å²) in [6, 6.07) is 7.01. The molecular weight excluding hydrogens is 272 g/mol. The fraction of sp³-hybridized carbons (Fsp3) is 0.632. The van der Waals surface area contributed by atoms with E-state index in [0.29, 0.717) is 0 Å². The van der Waals surface area contributed by atoms with Gasteiger partial charge in [-0.05, 0) is 68.6 Å². The second kappa shape index (κ2) is 6.82. The number of nitrogens with one attached hydrogen (secondary N) is 1. The Morgan fingerprint density at radius 3 is 2.73 bits per heavy atom. The zero-order valence-corrected chi connectivity index (χ0v) is 13.6. The zero-order valence-electron chi connectivity index (χ0n) is 13.6. The normalized spacial score (nSPS) is 26.1. The van der Waals surface area contributed by atoms with Gasteiger partial charge in [-0.15, -0.1) is 0 Å². The maximum Gasteiger partial charge on any atom is 0.223 e. The molecule has 3 unspecified atom stereocenters. The van der Waals surface area contributed by atoms with E-state index < -0.39 is 0 Å². The number of carbonyl (C=O) groups excluding carboxylic acids is 1. The number of rotatable bonds is 3. The third-order valence-electron chi connectivity index (χ3n) is 5.32. The number of amides is 1. The van der Waals surface area contributed by atoms with Crippen molar-refractivity contribution >= 4 is 5.91 Å². The lowest BCUT2D eigenvalue weighted by molar-refractivity contribution is -0.126. The third-order valence-corrected chi connectivity index (χ3v) is 5.32. The van der Waals surface area contributed by atoms with Gasteiger partial charge in [-0.3, -0.25) is 4.79 Å². The predicted octanol–water partition coefficient (Wildman–Crippen LogP) is 3.26. The van der Waals surface area contributed by atoms with E-state index in [4.69, 9.17) is 5.73 Å². The van der Waals surface area contributed by atoms with Crippen LogP contribution in [0.15, 0.2) is 18.2 Å². The van der Waals surface area contributed by atoms with Gasteiger partial charge in [0.05, 0.1) is 6.04 Å². The second-order valence-electron chi connectivity index (χ2n) is 7.09. The molecule has 0 saturated heterocycles. The quantitative estimate of drug-likeness (QED) is 0.900. The topological polar surface area (TPSA) is 55.1 Å². The molecular formula is C19H28N2O.